The zero-order chi connectivity index (χ0) is 14.5. The summed E-state index contributed by atoms with van der Waals surface area (Å²) in [6.07, 6.45) is 3.56. The first-order chi connectivity index (χ1) is 8.89. The number of esters is 1. The number of nitrogens with zero attached hydrogens (tertiary/aromatic N) is 1. The van der Waals surface area contributed by atoms with Gasteiger partial charge in [-0.25, -0.2) is 0 Å². The van der Waals surface area contributed by atoms with Crippen molar-refractivity contribution in [2.75, 3.05) is 33.3 Å². The fraction of sp³-hybridized carbons (Fsp3) is 0.933. The zero-order valence-corrected chi connectivity index (χ0v) is 12.9. The van der Waals surface area contributed by atoms with Crippen LogP contribution in [0.1, 0.15) is 40.0 Å². The van der Waals surface area contributed by atoms with E-state index in [0.717, 1.165) is 26.2 Å². The van der Waals surface area contributed by atoms with Crippen molar-refractivity contribution >= 4 is 5.97 Å². The van der Waals surface area contributed by atoms with Crippen molar-refractivity contribution in [3.05, 3.63) is 0 Å². The third-order valence-electron chi connectivity index (χ3n) is 4.32. The Morgan fingerprint density at radius 1 is 1.37 bits per heavy atom. The number of ether oxygens (including phenoxy) is 1. The molecule has 2 unspecified atom stereocenters. The smallest absolute Gasteiger partial charge is 0.310 e. The van der Waals surface area contributed by atoms with Crippen molar-refractivity contribution in [2.45, 2.75) is 40.0 Å². The van der Waals surface area contributed by atoms with Gasteiger partial charge in [0.05, 0.1) is 13.0 Å². The fourth-order valence-corrected chi connectivity index (χ4v) is 2.75. The van der Waals surface area contributed by atoms with Gasteiger partial charge in [-0.3, -0.25) is 4.79 Å². The highest BCUT2D eigenvalue weighted by Crippen LogP contribution is 2.25. The SMILES string of the molecule is COC(=O)C1CN(CCCCC(C)(C)CN)CC1C. The molecule has 0 aromatic heterocycles. The molecule has 4 heteroatoms. The summed E-state index contributed by atoms with van der Waals surface area (Å²) in [4.78, 5) is 14.0. The van der Waals surface area contributed by atoms with Crippen LogP contribution in [0.5, 0.6) is 0 Å². The number of unbranched alkanes of at least 4 members (excludes halogenated alkanes) is 1. The summed E-state index contributed by atoms with van der Waals surface area (Å²) in [5, 5.41) is 0. The van der Waals surface area contributed by atoms with Crippen LogP contribution in [0.15, 0.2) is 0 Å². The number of methoxy groups -OCH3 is 1. The quantitative estimate of drug-likeness (QED) is 0.567. The summed E-state index contributed by atoms with van der Waals surface area (Å²) in [6, 6.07) is 0. The third kappa shape index (κ3) is 5.11. The third-order valence-corrected chi connectivity index (χ3v) is 4.32. The zero-order valence-electron chi connectivity index (χ0n) is 12.9. The number of rotatable bonds is 7. The minimum Gasteiger partial charge on any atom is -0.469 e. The second kappa shape index (κ2) is 7.25. The first kappa shape index (κ1) is 16.4. The molecule has 1 aliphatic rings. The molecule has 0 saturated carbocycles. The van der Waals surface area contributed by atoms with E-state index in [4.69, 9.17) is 10.5 Å². The molecule has 4 nitrogen and oxygen atoms in total. The number of nitrogens with two attached hydrogens (primary N) is 1. The standard InChI is InChI=1S/C15H30N2O2/c1-12-9-17(10-13(12)14(18)19-4)8-6-5-7-15(2,3)11-16/h12-13H,5-11,16H2,1-4H3. The van der Waals surface area contributed by atoms with Crippen molar-refractivity contribution in [3.8, 4) is 0 Å². The maximum absolute atomic E-state index is 11.6. The van der Waals surface area contributed by atoms with Crippen LogP contribution in [-0.4, -0.2) is 44.2 Å². The van der Waals surface area contributed by atoms with Gasteiger partial charge in [0.1, 0.15) is 0 Å². The molecule has 1 saturated heterocycles. The van der Waals surface area contributed by atoms with Gasteiger partial charge in [-0.1, -0.05) is 27.2 Å². The average molecular weight is 270 g/mol. The Bertz CT molecular complexity index is 292. The van der Waals surface area contributed by atoms with Gasteiger partial charge in [0.15, 0.2) is 0 Å². The summed E-state index contributed by atoms with van der Waals surface area (Å²) >= 11 is 0. The second-order valence-electron chi connectivity index (χ2n) is 6.69. The van der Waals surface area contributed by atoms with E-state index in [1.54, 1.807) is 0 Å². The summed E-state index contributed by atoms with van der Waals surface area (Å²) in [5.41, 5.74) is 5.99. The molecule has 0 amide bonds. The number of likely N-dealkylation sites (tertiary alicyclic amines) is 1. The highest BCUT2D eigenvalue weighted by atomic mass is 16.5. The lowest BCUT2D eigenvalue weighted by Crippen LogP contribution is -2.26. The van der Waals surface area contributed by atoms with Gasteiger partial charge in [-0.15, -0.1) is 0 Å². The van der Waals surface area contributed by atoms with E-state index in [-0.39, 0.29) is 17.3 Å². The van der Waals surface area contributed by atoms with Gasteiger partial charge < -0.3 is 15.4 Å². The maximum Gasteiger partial charge on any atom is 0.310 e. The molecule has 0 bridgehead atoms. The minimum absolute atomic E-state index is 0.0562. The Morgan fingerprint density at radius 2 is 2.05 bits per heavy atom. The van der Waals surface area contributed by atoms with E-state index in [2.05, 4.69) is 25.7 Å². The van der Waals surface area contributed by atoms with Gasteiger partial charge >= 0.3 is 5.97 Å². The predicted octanol–water partition coefficient (Wildman–Crippen LogP) is 1.88. The molecule has 2 N–H and O–H groups in total. The summed E-state index contributed by atoms with van der Waals surface area (Å²) in [5.74, 6) is 0.415. The molecular formula is C15H30N2O2. The lowest BCUT2D eigenvalue weighted by molar-refractivity contribution is -0.146. The first-order valence-corrected chi connectivity index (χ1v) is 7.40. The first-order valence-electron chi connectivity index (χ1n) is 7.40. The molecule has 0 aliphatic carbocycles. The van der Waals surface area contributed by atoms with E-state index in [9.17, 15) is 4.79 Å². The number of hydrogen-bond acceptors (Lipinski definition) is 4. The molecular weight excluding hydrogens is 240 g/mol. The van der Waals surface area contributed by atoms with Gasteiger partial charge in [-0.05, 0) is 37.3 Å². The molecule has 112 valence electrons. The van der Waals surface area contributed by atoms with E-state index in [1.807, 2.05) is 0 Å². The molecule has 19 heavy (non-hydrogen) atoms. The van der Waals surface area contributed by atoms with Crippen LogP contribution in [0.4, 0.5) is 0 Å². The van der Waals surface area contributed by atoms with E-state index >= 15 is 0 Å². The molecule has 1 aliphatic heterocycles. The Labute approximate surface area is 117 Å². The van der Waals surface area contributed by atoms with E-state index in [0.29, 0.717) is 5.92 Å². The topological polar surface area (TPSA) is 55.6 Å². The summed E-state index contributed by atoms with van der Waals surface area (Å²) in [6.45, 7) is 10.3. The normalized spacial score (nSPS) is 24.7. The van der Waals surface area contributed by atoms with Crippen molar-refractivity contribution in [1.29, 1.82) is 0 Å². The summed E-state index contributed by atoms with van der Waals surface area (Å²) in [7, 11) is 1.48. The van der Waals surface area contributed by atoms with Crippen molar-refractivity contribution in [2.24, 2.45) is 23.0 Å². The van der Waals surface area contributed by atoms with Crippen LogP contribution in [0.2, 0.25) is 0 Å². The molecule has 1 fully saturated rings. The molecule has 0 radical (unpaired) electrons. The predicted molar refractivity (Wildman–Crippen MR) is 77.8 cm³/mol. The summed E-state index contributed by atoms with van der Waals surface area (Å²) < 4.78 is 4.86. The Hall–Kier alpha value is -0.610. The maximum atomic E-state index is 11.6. The highest BCUT2D eigenvalue weighted by Gasteiger charge is 2.35. The fourth-order valence-electron chi connectivity index (χ4n) is 2.75. The number of carbonyl (C=O) groups excluding carboxylic acids is 1. The lowest BCUT2D eigenvalue weighted by atomic mass is 9.87. The Balaban J connectivity index is 2.23. The monoisotopic (exact) mass is 270 g/mol. The van der Waals surface area contributed by atoms with E-state index < -0.39 is 0 Å². The Morgan fingerprint density at radius 3 is 2.63 bits per heavy atom. The van der Waals surface area contributed by atoms with Crippen LogP contribution in [0.3, 0.4) is 0 Å². The molecule has 2 atom stereocenters. The number of hydrogen-bond donors (Lipinski definition) is 1. The van der Waals surface area contributed by atoms with Crippen LogP contribution >= 0.6 is 0 Å². The lowest BCUT2D eigenvalue weighted by Gasteiger charge is -2.23. The van der Waals surface area contributed by atoms with Crippen molar-refractivity contribution < 1.29 is 9.53 Å². The van der Waals surface area contributed by atoms with E-state index in [1.165, 1.54) is 26.4 Å². The van der Waals surface area contributed by atoms with Crippen LogP contribution in [-0.2, 0) is 9.53 Å². The molecule has 0 aromatic carbocycles. The molecule has 1 rings (SSSR count). The van der Waals surface area contributed by atoms with Crippen LogP contribution in [0.25, 0.3) is 0 Å². The van der Waals surface area contributed by atoms with Crippen LogP contribution in [0, 0.1) is 17.3 Å². The highest BCUT2D eigenvalue weighted by molar-refractivity contribution is 5.73. The van der Waals surface area contributed by atoms with Gasteiger partial charge in [-0.2, -0.15) is 0 Å². The number of carbonyl (C=O) groups is 1. The van der Waals surface area contributed by atoms with Crippen molar-refractivity contribution in [1.82, 2.24) is 4.90 Å². The average Bonchev–Trinajstić information content (AvgIpc) is 2.75. The molecule has 1 heterocycles. The van der Waals surface area contributed by atoms with Gasteiger partial charge in [0.2, 0.25) is 0 Å². The van der Waals surface area contributed by atoms with Gasteiger partial charge in [0.25, 0.3) is 0 Å². The Kier molecular flexibility index (Phi) is 6.27. The largest absolute Gasteiger partial charge is 0.469 e. The second-order valence-corrected chi connectivity index (χ2v) is 6.69. The van der Waals surface area contributed by atoms with Crippen LogP contribution < -0.4 is 5.73 Å². The van der Waals surface area contributed by atoms with Gasteiger partial charge in [0, 0.05) is 13.1 Å². The van der Waals surface area contributed by atoms with Crippen molar-refractivity contribution in [3.63, 3.8) is 0 Å². The minimum atomic E-state index is -0.0562. The molecule has 0 aromatic rings. The molecule has 0 spiro atoms.